The number of ether oxygens (including phenoxy) is 2. The Hall–Kier alpha value is -3.93. The van der Waals surface area contributed by atoms with Gasteiger partial charge in [0.1, 0.15) is 11.5 Å². The smallest absolute Gasteiger partial charge is 0.271 e. The maximum absolute atomic E-state index is 15.3. The molecule has 3 heterocycles. The predicted molar refractivity (Wildman–Crippen MR) is 171 cm³/mol. The summed E-state index contributed by atoms with van der Waals surface area (Å²) in [5.74, 6) is 0.167. The summed E-state index contributed by atoms with van der Waals surface area (Å²) in [5.41, 5.74) is 0.663. The molecule has 0 saturated carbocycles. The minimum Gasteiger partial charge on any atom is -0.497 e. The van der Waals surface area contributed by atoms with E-state index in [-0.39, 0.29) is 16.5 Å². The Kier molecular flexibility index (Phi) is 8.36. The number of carbonyl (C=O) groups is 2. The van der Waals surface area contributed by atoms with Gasteiger partial charge in [-0.2, -0.15) is 0 Å². The highest BCUT2D eigenvalue weighted by Gasteiger charge is 2.62. The number of sulfonamides is 1. The van der Waals surface area contributed by atoms with Crippen LogP contribution in [0.25, 0.3) is 0 Å². The lowest BCUT2D eigenvalue weighted by Crippen LogP contribution is -2.59. The van der Waals surface area contributed by atoms with Gasteiger partial charge in [0.15, 0.2) is 5.54 Å². The summed E-state index contributed by atoms with van der Waals surface area (Å²) in [5, 5.41) is 0. The molecule has 2 fully saturated rings. The number of likely N-dealkylation sites (tertiary alicyclic amines) is 2. The maximum Gasteiger partial charge on any atom is 0.271 e. The second-order valence-electron chi connectivity index (χ2n) is 12.1. The van der Waals surface area contributed by atoms with Gasteiger partial charge in [-0.05, 0) is 80.7 Å². The fraction of sp³-hybridized carbons (Fsp3) is 0.412. The van der Waals surface area contributed by atoms with Crippen molar-refractivity contribution in [3.05, 3.63) is 83.4 Å². The van der Waals surface area contributed by atoms with Gasteiger partial charge in [-0.1, -0.05) is 30.3 Å². The molecule has 3 aliphatic rings. The maximum atomic E-state index is 15.3. The third-order valence-electron chi connectivity index (χ3n) is 9.27. The van der Waals surface area contributed by atoms with Crippen LogP contribution in [0.15, 0.2) is 71.6 Å². The highest BCUT2D eigenvalue weighted by Crippen LogP contribution is 2.54. The summed E-state index contributed by atoms with van der Waals surface area (Å²) < 4.78 is 41.0. The van der Waals surface area contributed by atoms with E-state index in [2.05, 4.69) is 4.90 Å². The molecule has 0 radical (unpaired) electrons. The molecule has 0 aliphatic carbocycles. The van der Waals surface area contributed by atoms with Crippen LogP contribution in [0.1, 0.15) is 42.4 Å². The SMILES string of the molecule is COc1ccc(S(=O)(=O)N2C(=O)[C@](c3ccc(CN4CCCC4)cc3OC)(N3CCCC3C(=O)N(C)C)c3ccccc32)cc1. The lowest BCUT2D eigenvalue weighted by atomic mass is 9.80. The van der Waals surface area contributed by atoms with Crippen molar-refractivity contribution < 1.29 is 27.5 Å². The molecule has 6 rings (SSSR count). The van der Waals surface area contributed by atoms with E-state index in [1.165, 1.54) is 37.0 Å². The summed E-state index contributed by atoms with van der Waals surface area (Å²) in [6, 6.07) is 18.1. The molecule has 3 aliphatic heterocycles. The van der Waals surface area contributed by atoms with Crippen molar-refractivity contribution >= 4 is 27.5 Å². The number of hydrogen-bond donors (Lipinski definition) is 0. The molecule has 3 aromatic carbocycles. The van der Waals surface area contributed by atoms with E-state index in [1.54, 1.807) is 57.6 Å². The zero-order valence-corrected chi connectivity index (χ0v) is 27.0. The number of rotatable bonds is 9. The molecule has 0 spiro atoms. The van der Waals surface area contributed by atoms with Gasteiger partial charge in [-0.3, -0.25) is 19.4 Å². The van der Waals surface area contributed by atoms with Gasteiger partial charge >= 0.3 is 0 Å². The van der Waals surface area contributed by atoms with E-state index >= 15 is 4.79 Å². The summed E-state index contributed by atoms with van der Waals surface area (Å²) in [6.45, 7) is 3.22. The topological polar surface area (TPSA) is 99.7 Å². The summed E-state index contributed by atoms with van der Waals surface area (Å²) in [6.07, 6.45) is 3.54. The lowest BCUT2D eigenvalue weighted by molar-refractivity contribution is -0.138. The minimum absolute atomic E-state index is 0.0440. The third-order valence-corrected chi connectivity index (χ3v) is 11.0. The van der Waals surface area contributed by atoms with Crippen LogP contribution in [0.2, 0.25) is 0 Å². The standard InChI is InChI=1S/C34H40N4O6S/c1-35(2)32(39)30-12-9-21-37(30)34(28-18-13-24(22-31(28)44-4)23-36-19-7-8-20-36)27-10-5-6-11-29(27)38(33(34)40)45(41,42)26-16-14-25(43-3)15-17-26/h5-6,10-11,13-18,22,30H,7-9,12,19-21,23H2,1-4H3/t30?,34-/m0/s1. The molecule has 2 amide bonds. The van der Waals surface area contributed by atoms with E-state index in [1.807, 2.05) is 23.1 Å². The molecular weight excluding hydrogens is 592 g/mol. The molecule has 2 saturated heterocycles. The highest BCUT2D eigenvalue weighted by molar-refractivity contribution is 7.93. The first-order valence-electron chi connectivity index (χ1n) is 15.4. The van der Waals surface area contributed by atoms with Gasteiger partial charge in [0.2, 0.25) is 5.91 Å². The number of anilines is 1. The van der Waals surface area contributed by atoms with Crippen LogP contribution in [-0.4, -0.2) is 88.9 Å². The van der Waals surface area contributed by atoms with Crippen molar-refractivity contribution in [2.45, 2.75) is 48.7 Å². The Labute approximate surface area is 265 Å². The van der Waals surface area contributed by atoms with E-state index in [9.17, 15) is 13.2 Å². The van der Waals surface area contributed by atoms with Gasteiger partial charge in [0.25, 0.3) is 15.9 Å². The van der Waals surface area contributed by atoms with Gasteiger partial charge in [0.05, 0.1) is 30.8 Å². The van der Waals surface area contributed by atoms with E-state index in [0.29, 0.717) is 42.0 Å². The number of nitrogens with zero attached hydrogens (tertiary/aromatic N) is 4. The van der Waals surface area contributed by atoms with Crippen LogP contribution < -0.4 is 13.8 Å². The molecule has 3 aromatic rings. The fourth-order valence-corrected chi connectivity index (χ4v) is 8.63. The van der Waals surface area contributed by atoms with Gasteiger partial charge in [-0.25, -0.2) is 12.7 Å². The fourth-order valence-electron chi connectivity index (χ4n) is 7.17. The molecule has 0 N–H and O–H groups in total. The van der Waals surface area contributed by atoms with Gasteiger partial charge in [0, 0.05) is 38.3 Å². The van der Waals surface area contributed by atoms with Crippen molar-refractivity contribution in [1.82, 2.24) is 14.7 Å². The number of benzene rings is 3. The first-order valence-corrected chi connectivity index (χ1v) is 16.8. The van der Waals surface area contributed by atoms with Crippen LogP contribution in [0, 0.1) is 0 Å². The predicted octanol–water partition coefficient (Wildman–Crippen LogP) is 3.83. The summed E-state index contributed by atoms with van der Waals surface area (Å²) in [4.78, 5) is 34.7. The van der Waals surface area contributed by atoms with Crippen LogP contribution >= 0.6 is 0 Å². The molecule has 11 heteroatoms. The largest absolute Gasteiger partial charge is 0.497 e. The van der Waals surface area contributed by atoms with Crippen molar-refractivity contribution in [3.63, 3.8) is 0 Å². The molecule has 238 valence electrons. The van der Waals surface area contributed by atoms with Crippen LogP contribution in [0.3, 0.4) is 0 Å². The molecule has 0 aromatic heterocycles. The Balaban J connectivity index is 1.58. The van der Waals surface area contributed by atoms with Crippen molar-refractivity contribution in [1.29, 1.82) is 0 Å². The van der Waals surface area contributed by atoms with E-state index in [4.69, 9.17) is 9.47 Å². The number of fused-ring (bicyclic) bond motifs is 1. The number of carbonyl (C=O) groups excluding carboxylic acids is 2. The molecule has 1 unspecified atom stereocenters. The zero-order valence-electron chi connectivity index (χ0n) is 26.2. The molecule has 0 bridgehead atoms. The number of para-hydroxylation sites is 1. The molecule has 2 atom stereocenters. The molecular formula is C34H40N4O6S. The second-order valence-corrected chi connectivity index (χ2v) is 13.9. The van der Waals surface area contributed by atoms with Crippen molar-refractivity contribution in [3.8, 4) is 11.5 Å². The Morgan fingerprint density at radius 2 is 1.62 bits per heavy atom. The van der Waals surface area contributed by atoms with Crippen molar-refractivity contribution in [2.24, 2.45) is 0 Å². The number of hydrogen-bond acceptors (Lipinski definition) is 8. The number of likely N-dealkylation sites (N-methyl/N-ethyl adjacent to an activating group) is 1. The summed E-state index contributed by atoms with van der Waals surface area (Å²) >= 11 is 0. The average molecular weight is 633 g/mol. The van der Waals surface area contributed by atoms with Gasteiger partial charge in [-0.15, -0.1) is 0 Å². The van der Waals surface area contributed by atoms with Crippen LogP contribution in [0.5, 0.6) is 11.5 Å². The van der Waals surface area contributed by atoms with E-state index in [0.717, 1.165) is 29.5 Å². The van der Waals surface area contributed by atoms with Crippen LogP contribution in [-0.2, 0) is 31.7 Å². The van der Waals surface area contributed by atoms with E-state index < -0.39 is 27.5 Å². The normalized spacial score (nSPS) is 22.1. The molecule has 10 nitrogen and oxygen atoms in total. The first kappa shape index (κ1) is 31.1. The second kappa shape index (κ2) is 12.1. The van der Waals surface area contributed by atoms with Gasteiger partial charge < -0.3 is 14.4 Å². The number of methoxy groups -OCH3 is 2. The lowest BCUT2D eigenvalue weighted by Gasteiger charge is -2.42. The highest BCUT2D eigenvalue weighted by atomic mass is 32.2. The Morgan fingerprint density at radius 1 is 0.911 bits per heavy atom. The van der Waals surface area contributed by atoms with Crippen LogP contribution in [0.4, 0.5) is 5.69 Å². The Morgan fingerprint density at radius 3 is 2.29 bits per heavy atom. The van der Waals surface area contributed by atoms with Crippen molar-refractivity contribution in [2.75, 3.05) is 52.3 Å². The third kappa shape index (κ3) is 5.07. The zero-order chi connectivity index (χ0) is 31.9. The quantitative estimate of drug-likeness (QED) is 0.351. The first-order chi connectivity index (χ1) is 21.6. The summed E-state index contributed by atoms with van der Waals surface area (Å²) in [7, 11) is 2.09. The number of amides is 2. The molecule has 45 heavy (non-hydrogen) atoms. The Bertz CT molecular complexity index is 1700. The average Bonchev–Trinajstić information content (AvgIpc) is 3.80. The minimum atomic E-state index is -4.37. The monoisotopic (exact) mass is 632 g/mol.